The summed E-state index contributed by atoms with van der Waals surface area (Å²) in [4.78, 5) is 36.0. The summed E-state index contributed by atoms with van der Waals surface area (Å²) in [6.07, 6.45) is 0.776. The number of anilines is 2. The molecule has 0 unspecified atom stereocenters. The second-order valence-corrected chi connectivity index (χ2v) is 8.54. The van der Waals surface area contributed by atoms with Gasteiger partial charge in [0.05, 0.1) is 24.7 Å². The number of fused-ring (bicyclic) bond motifs is 1. The van der Waals surface area contributed by atoms with Crippen LogP contribution in [0.15, 0.2) is 47.6 Å². The standard InChI is InChI=1S/C23H24N6O5S/c1-14-27-28-23(29(14)18-6-3-5-16(11-18)24-15(2)30)35-13-21(31)26-22(32)25-17-7-8-19-20(12-17)34-10-4-9-33-19/h3,5-8,11-12H,4,9-10,13H2,1-2H3,(H,24,30)(H2,25,26,31,32). The quantitative estimate of drug-likeness (QED) is 0.443. The molecule has 0 saturated carbocycles. The highest BCUT2D eigenvalue weighted by atomic mass is 32.2. The van der Waals surface area contributed by atoms with Crippen molar-refractivity contribution in [1.29, 1.82) is 0 Å². The Morgan fingerprint density at radius 3 is 2.57 bits per heavy atom. The maximum Gasteiger partial charge on any atom is 0.325 e. The number of aromatic nitrogens is 3. The molecule has 4 amide bonds. The summed E-state index contributed by atoms with van der Waals surface area (Å²) in [6, 6.07) is 11.6. The minimum atomic E-state index is -0.661. The summed E-state index contributed by atoms with van der Waals surface area (Å²) in [7, 11) is 0. The van der Waals surface area contributed by atoms with Crippen LogP contribution >= 0.6 is 11.8 Å². The van der Waals surface area contributed by atoms with E-state index < -0.39 is 11.9 Å². The molecule has 35 heavy (non-hydrogen) atoms. The van der Waals surface area contributed by atoms with Gasteiger partial charge in [-0.1, -0.05) is 17.8 Å². The Labute approximate surface area is 205 Å². The normalized spacial score (nSPS) is 12.4. The number of carbonyl (C=O) groups is 3. The monoisotopic (exact) mass is 496 g/mol. The van der Waals surface area contributed by atoms with E-state index in [2.05, 4.69) is 26.1 Å². The number of nitrogens with one attached hydrogen (secondary N) is 3. The highest BCUT2D eigenvalue weighted by Gasteiger charge is 2.16. The lowest BCUT2D eigenvalue weighted by Crippen LogP contribution is -2.35. The Morgan fingerprint density at radius 1 is 1.00 bits per heavy atom. The van der Waals surface area contributed by atoms with Crippen LogP contribution in [0.2, 0.25) is 0 Å². The average molecular weight is 497 g/mol. The predicted molar refractivity (Wildman–Crippen MR) is 130 cm³/mol. The van der Waals surface area contributed by atoms with Gasteiger partial charge in [-0.15, -0.1) is 10.2 Å². The zero-order valence-corrected chi connectivity index (χ0v) is 20.0. The summed E-state index contributed by atoms with van der Waals surface area (Å²) < 4.78 is 12.9. The van der Waals surface area contributed by atoms with Gasteiger partial charge in [-0.2, -0.15) is 0 Å². The number of ether oxygens (including phenoxy) is 2. The average Bonchev–Trinajstić information content (AvgIpc) is 3.02. The third kappa shape index (κ3) is 6.29. The molecule has 2 heterocycles. The van der Waals surface area contributed by atoms with E-state index in [4.69, 9.17) is 9.47 Å². The lowest BCUT2D eigenvalue weighted by Gasteiger charge is -2.11. The van der Waals surface area contributed by atoms with Gasteiger partial charge in [0.25, 0.3) is 0 Å². The lowest BCUT2D eigenvalue weighted by atomic mass is 10.2. The number of rotatable bonds is 6. The number of urea groups is 1. The van der Waals surface area contributed by atoms with Crippen molar-refractivity contribution in [2.45, 2.75) is 25.4 Å². The fourth-order valence-electron chi connectivity index (χ4n) is 3.36. The van der Waals surface area contributed by atoms with Crippen molar-refractivity contribution in [3.63, 3.8) is 0 Å². The Bertz CT molecular complexity index is 1260. The number of thioether (sulfide) groups is 1. The molecule has 2 aromatic carbocycles. The second-order valence-electron chi connectivity index (χ2n) is 7.60. The van der Waals surface area contributed by atoms with Crippen molar-refractivity contribution in [3.8, 4) is 17.2 Å². The van der Waals surface area contributed by atoms with Crippen LogP contribution < -0.4 is 25.4 Å². The van der Waals surface area contributed by atoms with Crippen LogP contribution in [0.3, 0.4) is 0 Å². The number of nitrogens with zero attached hydrogens (tertiary/aromatic N) is 3. The maximum atomic E-state index is 12.4. The maximum absolute atomic E-state index is 12.4. The van der Waals surface area contributed by atoms with Crippen molar-refractivity contribution in [2.24, 2.45) is 0 Å². The van der Waals surface area contributed by atoms with Gasteiger partial charge in [-0.05, 0) is 37.3 Å². The van der Waals surface area contributed by atoms with Crippen LogP contribution in [0.25, 0.3) is 5.69 Å². The van der Waals surface area contributed by atoms with Crippen molar-refractivity contribution in [3.05, 3.63) is 48.3 Å². The highest BCUT2D eigenvalue weighted by Crippen LogP contribution is 2.32. The van der Waals surface area contributed by atoms with Gasteiger partial charge in [0, 0.05) is 30.8 Å². The van der Waals surface area contributed by atoms with Crippen LogP contribution in [0, 0.1) is 6.92 Å². The number of carbonyl (C=O) groups excluding carboxylic acids is 3. The van der Waals surface area contributed by atoms with E-state index in [0.717, 1.165) is 23.9 Å². The van der Waals surface area contributed by atoms with Crippen LogP contribution in [0.1, 0.15) is 19.2 Å². The molecular formula is C23H24N6O5S. The first-order chi connectivity index (χ1) is 16.9. The molecule has 0 bridgehead atoms. The Balaban J connectivity index is 1.35. The topological polar surface area (TPSA) is 136 Å². The van der Waals surface area contributed by atoms with Gasteiger partial charge in [-0.25, -0.2) is 4.79 Å². The molecule has 4 rings (SSSR count). The molecule has 0 spiro atoms. The van der Waals surface area contributed by atoms with Gasteiger partial charge < -0.3 is 20.1 Å². The molecular weight excluding hydrogens is 472 g/mol. The van der Waals surface area contributed by atoms with Gasteiger partial charge in [0.1, 0.15) is 5.82 Å². The van der Waals surface area contributed by atoms with E-state index in [1.54, 1.807) is 47.9 Å². The minimum absolute atomic E-state index is 0.0575. The zero-order valence-electron chi connectivity index (χ0n) is 19.2. The summed E-state index contributed by atoms with van der Waals surface area (Å²) in [5.41, 5.74) is 1.83. The molecule has 0 atom stereocenters. The number of imide groups is 1. The van der Waals surface area contributed by atoms with Crippen LogP contribution in [0.5, 0.6) is 11.5 Å². The fraction of sp³-hybridized carbons (Fsp3) is 0.261. The van der Waals surface area contributed by atoms with Gasteiger partial charge >= 0.3 is 6.03 Å². The van der Waals surface area contributed by atoms with E-state index in [-0.39, 0.29) is 11.7 Å². The molecule has 3 aromatic rings. The third-order valence-corrected chi connectivity index (χ3v) is 5.74. The first-order valence-corrected chi connectivity index (χ1v) is 11.8. The Morgan fingerprint density at radius 2 is 1.77 bits per heavy atom. The summed E-state index contributed by atoms with van der Waals surface area (Å²) in [5, 5.41) is 16.4. The van der Waals surface area contributed by atoms with Crippen LogP contribution in [-0.4, -0.2) is 51.6 Å². The smallest absolute Gasteiger partial charge is 0.325 e. The zero-order chi connectivity index (χ0) is 24.8. The molecule has 11 nitrogen and oxygen atoms in total. The molecule has 0 fully saturated rings. The van der Waals surface area contributed by atoms with Gasteiger partial charge in [-0.3, -0.25) is 19.5 Å². The SMILES string of the molecule is CC(=O)Nc1cccc(-n2c(C)nnc2SCC(=O)NC(=O)Nc2ccc3c(c2)OCCCO3)c1. The number of benzene rings is 2. The molecule has 3 N–H and O–H groups in total. The van der Waals surface area contributed by atoms with Crippen LogP contribution in [-0.2, 0) is 9.59 Å². The van der Waals surface area contributed by atoms with Gasteiger partial charge in [0.15, 0.2) is 16.7 Å². The molecule has 0 aliphatic carbocycles. The van der Waals surface area contributed by atoms with Crippen molar-refractivity contribution >= 4 is 41.0 Å². The van der Waals surface area contributed by atoms with E-state index in [1.807, 2.05) is 6.07 Å². The highest BCUT2D eigenvalue weighted by molar-refractivity contribution is 7.99. The molecule has 182 valence electrons. The van der Waals surface area contributed by atoms with E-state index >= 15 is 0 Å². The first kappa shape index (κ1) is 24.1. The largest absolute Gasteiger partial charge is 0.490 e. The summed E-state index contributed by atoms with van der Waals surface area (Å²) in [6.45, 7) is 4.31. The summed E-state index contributed by atoms with van der Waals surface area (Å²) in [5.74, 6) is 1.03. The lowest BCUT2D eigenvalue weighted by molar-refractivity contribution is -0.117. The summed E-state index contributed by atoms with van der Waals surface area (Å²) >= 11 is 1.13. The molecule has 12 heteroatoms. The molecule has 1 aliphatic rings. The number of hydrogen-bond donors (Lipinski definition) is 3. The minimum Gasteiger partial charge on any atom is -0.490 e. The first-order valence-electron chi connectivity index (χ1n) is 10.8. The fourth-order valence-corrected chi connectivity index (χ4v) is 4.15. The molecule has 0 saturated heterocycles. The molecule has 0 radical (unpaired) electrons. The Hall–Kier alpha value is -4.06. The molecule has 1 aliphatic heterocycles. The third-order valence-electron chi connectivity index (χ3n) is 4.81. The van der Waals surface area contributed by atoms with Crippen molar-refractivity contribution in [2.75, 3.05) is 29.6 Å². The number of hydrogen-bond acceptors (Lipinski definition) is 8. The van der Waals surface area contributed by atoms with Crippen molar-refractivity contribution in [1.82, 2.24) is 20.1 Å². The van der Waals surface area contributed by atoms with E-state index in [9.17, 15) is 14.4 Å². The predicted octanol–water partition coefficient (Wildman–Crippen LogP) is 3.14. The number of amides is 4. The number of aryl methyl sites for hydroxylation is 1. The van der Waals surface area contributed by atoms with Gasteiger partial charge in [0.2, 0.25) is 11.8 Å². The van der Waals surface area contributed by atoms with E-state index in [1.165, 1.54) is 6.92 Å². The Kier molecular flexibility index (Phi) is 7.51. The van der Waals surface area contributed by atoms with Crippen molar-refractivity contribution < 1.29 is 23.9 Å². The molecule has 1 aromatic heterocycles. The second kappa shape index (κ2) is 10.9. The van der Waals surface area contributed by atoms with Crippen LogP contribution in [0.4, 0.5) is 16.2 Å². The van der Waals surface area contributed by atoms with E-state index in [0.29, 0.717) is 47.1 Å².